The molecule has 37 heavy (non-hydrogen) atoms. The monoisotopic (exact) mass is 497 g/mol. The SMILES string of the molecule is C[C@@H]1Cc2cc(N3CCN(C[C@H]4CN(c5ccc(C#N)c6ncccc56)C[C@@H](C)O4)CC3)ncc2CN1. The van der Waals surface area contributed by atoms with E-state index in [2.05, 4.69) is 69.3 Å². The predicted molar refractivity (Wildman–Crippen MR) is 146 cm³/mol. The summed E-state index contributed by atoms with van der Waals surface area (Å²) in [5.74, 6) is 1.11. The van der Waals surface area contributed by atoms with Crippen molar-refractivity contribution in [1.82, 2.24) is 20.2 Å². The van der Waals surface area contributed by atoms with E-state index in [1.807, 2.05) is 12.1 Å². The minimum Gasteiger partial charge on any atom is -0.370 e. The highest BCUT2D eigenvalue weighted by Crippen LogP contribution is 2.30. The van der Waals surface area contributed by atoms with Crippen LogP contribution in [0.1, 0.15) is 30.5 Å². The average molecular weight is 498 g/mol. The molecule has 3 aliphatic heterocycles. The van der Waals surface area contributed by atoms with Crippen molar-refractivity contribution < 1.29 is 4.74 Å². The number of ether oxygens (including phenoxy) is 1. The molecule has 192 valence electrons. The van der Waals surface area contributed by atoms with Crippen LogP contribution in [0, 0.1) is 11.3 Å². The van der Waals surface area contributed by atoms with E-state index in [9.17, 15) is 5.26 Å². The Hall–Kier alpha value is -3.25. The molecule has 0 aliphatic carbocycles. The van der Waals surface area contributed by atoms with Gasteiger partial charge in [-0.2, -0.15) is 5.26 Å². The molecule has 5 heterocycles. The number of morpholine rings is 1. The Balaban J connectivity index is 1.10. The molecule has 6 rings (SSSR count). The van der Waals surface area contributed by atoms with Crippen LogP contribution in [0.4, 0.5) is 11.5 Å². The molecular formula is C29H35N7O. The molecule has 2 aromatic heterocycles. The third-order valence-electron chi connectivity index (χ3n) is 7.93. The van der Waals surface area contributed by atoms with Gasteiger partial charge in [-0.25, -0.2) is 4.98 Å². The summed E-state index contributed by atoms with van der Waals surface area (Å²) in [6.07, 6.45) is 5.16. The van der Waals surface area contributed by atoms with Crippen LogP contribution in [0.5, 0.6) is 0 Å². The van der Waals surface area contributed by atoms with Gasteiger partial charge in [-0.15, -0.1) is 0 Å². The summed E-state index contributed by atoms with van der Waals surface area (Å²) in [7, 11) is 0. The van der Waals surface area contributed by atoms with Gasteiger partial charge < -0.3 is 19.9 Å². The first-order valence-electron chi connectivity index (χ1n) is 13.4. The Kier molecular flexibility index (Phi) is 6.68. The van der Waals surface area contributed by atoms with Gasteiger partial charge in [0.25, 0.3) is 0 Å². The minimum absolute atomic E-state index is 0.133. The number of hydrogen-bond acceptors (Lipinski definition) is 8. The molecule has 2 fully saturated rings. The Morgan fingerprint density at radius 1 is 1.05 bits per heavy atom. The van der Waals surface area contributed by atoms with Gasteiger partial charge in [0.15, 0.2) is 0 Å². The summed E-state index contributed by atoms with van der Waals surface area (Å²) >= 11 is 0. The molecule has 0 saturated carbocycles. The standard InChI is InChI=1S/C29H35N7O/c1-20-12-23-13-28(33-16-24(23)15-32-20)35-10-8-34(9-11-35)18-25-19-36(17-21(2)37-25)27-6-5-22(14-30)29-26(27)4-3-7-31-29/h3-7,13,16,20-21,25,32H,8-12,15,17-19H2,1-2H3/t20-,21-,25+/m1/s1. The van der Waals surface area contributed by atoms with Crippen LogP contribution in [-0.4, -0.2) is 78.9 Å². The van der Waals surface area contributed by atoms with Gasteiger partial charge >= 0.3 is 0 Å². The van der Waals surface area contributed by atoms with Crippen molar-refractivity contribution in [3.8, 4) is 6.07 Å². The number of pyridine rings is 2. The van der Waals surface area contributed by atoms with Crippen molar-refractivity contribution in [2.24, 2.45) is 0 Å². The minimum atomic E-state index is 0.133. The number of hydrogen-bond donors (Lipinski definition) is 1. The van der Waals surface area contributed by atoms with Gasteiger partial charge in [-0.1, -0.05) is 0 Å². The Labute approximate surface area is 218 Å². The zero-order chi connectivity index (χ0) is 25.4. The maximum Gasteiger partial charge on any atom is 0.128 e. The van der Waals surface area contributed by atoms with Gasteiger partial charge in [0.2, 0.25) is 0 Å². The summed E-state index contributed by atoms with van der Waals surface area (Å²) < 4.78 is 6.40. The van der Waals surface area contributed by atoms with Crippen LogP contribution < -0.4 is 15.1 Å². The lowest BCUT2D eigenvalue weighted by molar-refractivity contribution is -0.0327. The van der Waals surface area contributed by atoms with Gasteiger partial charge in [-0.05, 0) is 61.7 Å². The van der Waals surface area contributed by atoms with Crippen LogP contribution in [0.3, 0.4) is 0 Å². The van der Waals surface area contributed by atoms with E-state index in [0.717, 1.165) is 81.2 Å². The normalized spacial score (nSPS) is 24.6. The molecule has 1 aromatic carbocycles. The number of piperazine rings is 1. The largest absolute Gasteiger partial charge is 0.370 e. The molecule has 3 aromatic rings. The third-order valence-corrected chi connectivity index (χ3v) is 7.93. The van der Waals surface area contributed by atoms with Crippen LogP contribution in [0.2, 0.25) is 0 Å². The summed E-state index contributed by atoms with van der Waals surface area (Å²) in [5, 5.41) is 14.1. The number of rotatable bonds is 4. The second kappa shape index (κ2) is 10.3. The van der Waals surface area contributed by atoms with E-state index in [1.54, 1.807) is 6.20 Å². The van der Waals surface area contributed by atoms with Crippen LogP contribution in [0.15, 0.2) is 42.7 Å². The Bertz CT molecular complexity index is 1310. The summed E-state index contributed by atoms with van der Waals surface area (Å²) in [4.78, 5) is 16.6. The first-order chi connectivity index (χ1) is 18.1. The van der Waals surface area contributed by atoms with Crippen molar-refractivity contribution in [2.75, 3.05) is 55.6 Å². The lowest BCUT2D eigenvalue weighted by Gasteiger charge is -2.42. The van der Waals surface area contributed by atoms with E-state index < -0.39 is 0 Å². The maximum absolute atomic E-state index is 9.52. The topological polar surface area (TPSA) is 80.5 Å². The van der Waals surface area contributed by atoms with Gasteiger partial charge in [0, 0.05) is 81.9 Å². The Morgan fingerprint density at radius 2 is 1.92 bits per heavy atom. The lowest BCUT2D eigenvalue weighted by Crippen LogP contribution is -2.54. The predicted octanol–water partition coefficient (Wildman–Crippen LogP) is 2.95. The van der Waals surface area contributed by atoms with Crippen molar-refractivity contribution >= 4 is 22.4 Å². The zero-order valence-corrected chi connectivity index (χ0v) is 21.7. The highest BCUT2D eigenvalue weighted by atomic mass is 16.5. The first-order valence-corrected chi connectivity index (χ1v) is 13.4. The van der Waals surface area contributed by atoms with Crippen molar-refractivity contribution in [3.05, 3.63) is 59.4 Å². The van der Waals surface area contributed by atoms with E-state index in [1.165, 1.54) is 11.1 Å². The molecule has 0 radical (unpaired) electrons. The molecule has 0 unspecified atom stereocenters. The fourth-order valence-electron chi connectivity index (χ4n) is 6.03. The molecule has 2 saturated heterocycles. The summed E-state index contributed by atoms with van der Waals surface area (Å²) in [6, 6.07) is 13.1. The molecule has 3 aliphatic rings. The van der Waals surface area contributed by atoms with E-state index in [-0.39, 0.29) is 12.2 Å². The Morgan fingerprint density at radius 3 is 2.76 bits per heavy atom. The van der Waals surface area contributed by atoms with Gasteiger partial charge in [-0.3, -0.25) is 9.88 Å². The molecule has 0 spiro atoms. The number of anilines is 2. The van der Waals surface area contributed by atoms with Crippen LogP contribution >= 0.6 is 0 Å². The smallest absolute Gasteiger partial charge is 0.128 e. The highest BCUT2D eigenvalue weighted by Gasteiger charge is 2.30. The molecular weight excluding hydrogens is 462 g/mol. The van der Waals surface area contributed by atoms with Gasteiger partial charge in [0.1, 0.15) is 11.9 Å². The van der Waals surface area contributed by atoms with Crippen LogP contribution in [-0.2, 0) is 17.7 Å². The zero-order valence-electron chi connectivity index (χ0n) is 21.7. The highest BCUT2D eigenvalue weighted by molar-refractivity contribution is 5.95. The fourth-order valence-corrected chi connectivity index (χ4v) is 6.03. The summed E-state index contributed by atoms with van der Waals surface area (Å²) in [5.41, 5.74) is 5.30. The van der Waals surface area contributed by atoms with Crippen molar-refractivity contribution in [3.63, 3.8) is 0 Å². The molecule has 0 amide bonds. The van der Waals surface area contributed by atoms with E-state index in [4.69, 9.17) is 9.72 Å². The summed E-state index contributed by atoms with van der Waals surface area (Å²) in [6.45, 7) is 11.9. The number of nitrogens with zero attached hydrogens (tertiary/aromatic N) is 6. The van der Waals surface area contributed by atoms with E-state index >= 15 is 0 Å². The lowest BCUT2D eigenvalue weighted by atomic mass is 9.98. The average Bonchev–Trinajstić information content (AvgIpc) is 2.92. The second-order valence-electron chi connectivity index (χ2n) is 10.7. The number of fused-ring (bicyclic) bond motifs is 2. The molecule has 0 bridgehead atoms. The maximum atomic E-state index is 9.52. The number of aromatic nitrogens is 2. The molecule has 8 nitrogen and oxygen atoms in total. The number of benzene rings is 1. The quantitative estimate of drug-likeness (QED) is 0.589. The number of nitriles is 1. The molecule has 8 heteroatoms. The van der Waals surface area contributed by atoms with Crippen molar-refractivity contribution in [2.45, 2.75) is 45.1 Å². The fraction of sp³-hybridized carbons (Fsp3) is 0.483. The van der Waals surface area contributed by atoms with Crippen LogP contribution in [0.25, 0.3) is 10.9 Å². The third kappa shape index (κ3) is 4.99. The second-order valence-corrected chi connectivity index (χ2v) is 10.7. The first kappa shape index (κ1) is 24.1. The van der Waals surface area contributed by atoms with E-state index in [0.29, 0.717) is 11.6 Å². The number of nitrogens with one attached hydrogen (secondary N) is 1. The van der Waals surface area contributed by atoms with Gasteiger partial charge in [0.05, 0.1) is 23.3 Å². The van der Waals surface area contributed by atoms with Crippen molar-refractivity contribution in [1.29, 1.82) is 5.26 Å². The molecule has 3 atom stereocenters. The molecule has 1 N–H and O–H groups in total.